The van der Waals surface area contributed by atoms with Gasteiger partial charge in [-0.3, -0.25) is 0 Å². The van der Waals surface area contributed by atoms with Crippen molar-refractivity contribution >= 4 is 25.7 Å². The largest absolute Gasteiger partial charge is 0.245 e. The number of para-hydroxylation sites is 1. The Kier molecular flexibility index (Phi) is 3.30. The van der Waals surface area contributed by atoms with E-state index in [0.717, 1.165) is 12.5 Å². The molecular weight excluding hydrogens is 250 g/mol. The second-order valence-corrected chi connectivity index (χ2v) is 7.25. The normalized spacial score (nSPS) is 12.4. The number of hydrogen-bond donors (Lipinski definition) is 0. The smallest absolute Gasteiger partial charge is 0.206 e. The van der Waals surface area contributed by atoms with Crippen molar-refractivity contribution in [2.45, 2.75) is 0 Å². The van der Waals surface area contributed by atoms with Crippen LogP contribution in [0.15, 0.2) is 24.3 Å². The van der Waals surface area contributed by atoms with Crippen LogP contribution in [0.5, 0.6) is 0 Å². The van der Waals surface area contributed by atoms with Crippen LogP contribution in [0, 0.1) is 6.92 Å². The molecule has 0 saturated heterocycles. The molecule has 0 aliphatic heterocycles. The molecule has 0 bridgehead atoms. The van der Waals surface area contributed by atoms with Crippen LogP contribution in [-0.2, 0) is 20.0 Å². The summed E-state index contributed by atoms with van der Waals surface area (Å²) in [4.78, 5) is 0. The first-order chi connectivity index (χ1) is 7.14. The van der Waals surface area contributed by atoms with Gasteiger partial charge in [-0.05, 0) is 18.6 Å². The van der Waals surface area contributed by atoms with E-state index in [9.17, 15) is 16.8 Å². The van der Waals surface area contributed by atoms with Gasteiger partial charge in [-0.25, -0.2) is 16.8 Å². The molecule has 1 radical (unpaired) electrons. The van der Waals surface area contributed by atoms with Crippen molar-refractivity contribution in [3.05, 3.63) is 36.8 Å². The molecule has 0 unspecified atom stereocenters. The number of nitrogens with zero attached hydrogens (tertiary/aromatic N) is 1. The molecule has 0 spiro atoms. The molecule has 1 aromatic carbocycles. The van der Waals surface area contributed by atoms with E-state index in [0.29, 0.717) is 9.27 Å². The van der Waals surface area contributed by atoms with Crippen molar-refractivity contribution in [1.82, 2.24) is 0 Å². The highest BCUT2D eigenvalue weighted by Gasteiger charge is 2.28. The Hall–Kier alpha value is -1.08. The van der Waals surface area contributed by atoms with E-state index in [4.69, 9.17) is 0 Å². The van der Waals surface area contributed by atoms with Crippen LogP contribution < -0.4 is 3.71 Å². The lowest BCUT2D eigenvalue weighted by atomic mass is 10.2. The molecule has 0 aliphatic rings. The third-order valence-corrected chi connectivity index (χ3v) is 5.01. The molecule has 1 aromatic rings. The zero-order chi connectivity index (χ0) is 12.6. The van der Waals surface area contributed by atoms with Crippen molar-refractivity contribution in [3.63, 3.8) is 0 Å². The molecule has 1 rings (SSSR count). The van der Waals surface area contributed by atoms with Gasteiger partial charge in [0.05, 0.1) is 18.2 Å². The molecule has 16 heavy (non-hydrogen) atoms. The highest BCUT2D eigenvalue weighted by molar-refractivity contribution is 8.09. The predicted molar refractivity (Wildman–Crippen MR) is 63.1 cm³/mol. The van der Waals surface area contributed by atoms with Crippen molar-refractivity contribution in [3.8, 4) is 0 Å². The maximum absolute atomic E-state index is 11.4. The molecule has 0 aliphatic carbocycles. The van der Waals surface area contributed by atoms with Crippen LogP contribution in [0.1, 0.15) is 5.56 Å². The molecule has 5 nitrogen and oxygen atoms in total. The minimum Gasteiger partial charge on any atom is -0.206 e. The Morgan fingerprint density at radius 1 is 1.00 bits per heavy atom. The van der Waals surface area contributed by atoms with Crippen molar-refractivity contribution in [1.29, 1.82) is 0 Å². The highest BCUT2D eigenvalue weighted by Crippen LogP contribution is 2.24. The van der Waals surface area contributed by atoms with E-state index >= 15 is 0 Å². The Morgan fingerprint density at radius 3 is 1.81 bits per heavy atom. The summed E-state index contributed by atoms with van der Waals surface area (Å²) >= 11 is 0. The average Bonchev–Trinajstić information content (AvgIpc) is 2.03. The Bertz CT molecular complexity index is 558. The van der Waals surface area contributed by atoms with Crippen LogP contribution in [0.3, 0.4) is 0 Å². The molecular formula is C9H12NO4S2. The van der Waals surface area contributed by atoms with E-state index in [1.807, 2.05) is 0 Å². The Morgan fingerprint density at radius 2 is 1.44 bits per heavy atom. The van der Waals surface area contributed by atoms with E-state index in [-0.39, 0.29) is 5.69 Å². The minimum absolute atomic E-state index is 0.0486. The first-order valence-corrected chi connectivity index (χ1v) is 7.95. The molecule has 0 saturated carbocycles. The van der Waals surface area contributed by atoms with Crippen LogP contribution in [-0.4, -0.2) is 29.3 Å². The number of sulfonamides is 2. The number of anilines is 1. The lowest BCUT2D eigenvalue weighted by molar-refractivity contribution is 0.590. The third kappa shape index (κ3) is 2.73. The van der Waals surface area contributed by atoms with Gasteiger partial charge in [-0.1, -0.05) is 18.2 Å². The van der Waals surface area contributed by atoms with E-state index in [2.05, 4.69) is 6.92 Å². The summed E-state index contributed by atoms with van der Waals surface area (Å²) in [5, 5.41) is 0. The lowest BCUT2D eigenvalue weighted by Gasteiger charge is -2.21. The van der Waals surface area contributed by atoms with Gasteiger partial charge in [0.2, 0.25) is 20.0 Å². The van der Waals surface area contributed by atoms with Gasteiger partial charge in [0.15, 0.2) is 0 Å². The van der Waals surface area contributed by atoms with Crippen molar-refractivity contribution in [2.75, 3.05) is 16.2 Å². The number of rotatable bonds is 3. The molecule has 0 N–H and O–H groups in total. The maximum atomic E-state index is 11.4. The molecule has 89 valence electrons. The fourth-order valence-corrected chi connectivity index (χ4v) is 4.33. The monoisotopic (exact) mass is 262 g/mol. The first-order valence-electron chi connectivity index (χ1n) is 4.25. The van der Waals surface area contributed by atoms with Gasteiger partial charge >= 0.3 is 0 Å². The third-order valence-electron chi connectivity index (χ3n) is 1.79. The van der Waals surface area contributed by atoms with E-state index in [1.54, 1.807) is 18.2 Å². The highest BCUT2D eigenvalue weighted by atomic mass is 32.3. The van der Waals surface area contributed by atoms with Crippen molar-refractivity contribution in [2.24, 2.45) is 0 Å². The van der Waals surface area contributed by atoms with Gasteiger partial charge in [-0.15, -0.1) is 0 Å². The molecule has 0 fully saturated rings. The number of hydrogen-bond acceptors (Lipinski definition) is 4. The summed E-state index contributed by atoms with van der Waals surface area (Å²) in [5.74, 6) is 0. The second kappa shape index (κ2) is 4.06. The average molecular weight is 262 g/mol. The van der Waals surface area contributed by atoms with Gasteiger partial charge in [0.25, 0.3) is 0 Å². The van der Waals surface area contributed by atoms with Crippen LogP contribution >= 0.6 is 0 Å². The van der Waals surface area contributed by atoms with Crippen molar-refractivity contribution < 1.29 is 16.8 Å². The summed E-state index contributed by atoms with van der Waals surface area (Å²) < 4.78 is 46.2. The summed E-state index contributed by atoms with van der Waals surface area (Å²) in [6.45, 7) is 3.60. The van der Waals surface area contributed by atoms with Gasteiger partial charge in [0.1, 0.15) is 0 Å². The summed E-state index contributed by atoms with van der Waals surface area (Å²) in [6, 6.07) is 6.13. The molecule has 0 aromatic heterocycles. The molecule has 0 atom stereocenters. The topological polar surface area (TPSA) is 71.5 Å². The van der Waals surface area contributed by atoms with Crippen LogP contribution in [0.25, 0.3) is 0 Å². The summed E-state index contributed by atoms with van der Waals surface area (Å²) in [7, 11) is -7.79. The maximum Gasteiger partial charge on any atom is 0.245 e. The SMILES string of the molecule is [CH2]c1ccccc1N(S(C)(=O)=O)S(C)(=O)=O. The Labute approximate surface area is 95.8 Å². The number of benzene rings is 1. The first kappa shape index (κ1) is 13.0. The molecule has 7 heteroatoms. The van der Waals surface area contributed by atoms with Gasteiger partial charge in [-0.2, -0.15) is 3.71 Å². The van der Waals surface area contributed by atoms with Crippen LogP contribution in [0.2, 0.25) is 0 Å². The molecule has 0 heterocycles. The minimum atomic E-state index is -3.89. The Balaban J connectivity index is 3.54. The lowest BCUT2D eigenvalue weighted by Crippen LogP contribution is -2.35. The summed E-state index contributed by atoms with van der Waals surface area (Å²) in [5.41, 5.74) is 0.380. The van der Waals surface area contributed by atoms with Gasteiger partial charge < -0.3 is 0 Å². The van der Waals surface area contributed by atoms with E-state index in [1.165, 1.54) is 6.07 Å². The predicted octanol–water partition coefficient (Wildman–Crippen LogP) is 0.594. The summed E-state index contributed by atoms with van der Waals surface area (Å²) in [6.07, 6.45) is 1.67. The standard InChI is InChI=1S/C9H12NO4S2/c1-8-6-4-5-7-9(8)10(15(2,11)12)16(3,13)14/h4-7H,1H2,2-3H3. The zero-order valence-electron chi connectivity index (χ0n) is 8.91. The fourth-order valence-electron chi connectivity index (χ4n) is 1.29. The van der Waals surface area contributed by atoms with Gasteiger partial charge in [0, 0.05) is 0 Å². The van der Waals surface area contributed by atoms with E-state index < -0.39 is 20.0 Å². The van der Waals surface area contributed by atoms with Crippen LogP contribution in [0.4, 0.5) is 5.69 Å². The fraction of sp³-hybridized carbons (Fsp3) is 0.222. The zero-order valence-corrected chi connectivity index (χ0v) is 10.5. The quantitative estimate of drug-likeness (QED) is 0.799. The second-order valence-electron chi connectivity index (χ2n) is 3.35. The molecule has 0 amide bonds.